The molecule has 304 valence electrons. The van der Waals surface area contributed by atoms with Crippen molar-refractivity contribution in [2.45, 2.75) is 71.5 Å². The highest BCUT2D eigenvalue weighted by atomic mass is 32.1. The predicted molar refractivity (Wildman–Crippen MR) is 178 cm³/mol. The van der Waals surface area contributed by atoms with Crippen LogP contribution in [0.1, 0.15) is 60.6 Å². The molecule has 0 aliphatic heterocycles. The Hall–Kier alpha value is -5.32. The van der Waals surface area contributed by atoms with E-state index in [9.17, 15) is 49.9 Å². The molecule has 2 aromatic rings. The van der Waals surface area contributed by atoms with Crippen LogP contribution in [0.5, 0.6) is 5.75 Å². The number of nitrogens with zero attached hydrogens (tertiary/aromatic N) is 1. The number of esters is 1. The molecule has 2 atom stereocenters. The summed E-state index contributed by atoms with van der Waals surface area (Å²) in [5.41, 5.74) is 5.48. The Balaban J connectivity index is 0. The molecule has 0 spiro atoms. The van der Waals surface area contributed by atoms with Crippen molar-refractivity contribution in [1.29, 1.82) is 5.41 Å². The van der Waals surface area contributed by atoms with Crippen LogP contribution >= 0.6 is 11.3 Å². The summed E-state index contributed by atoms with van der Waals surface area (Å²) in [6, 6.07) is 5.13. The molecule has 2 amide bonds. The highest BCUT2D eigenvalue weighted by Gasteiger charge is 2.39. The first-order valence-corrected chi connectivity index (χ1v) is 15.9. The Kier molecular flexibility index (Phi) is 22.0. The number of rotatable bonds is 12. The Bertz CT molecular complexity index is 1570. The first-order valence-electron chi connectivity index (χ1n) is 15.0. The third-order valence-corrected chi connectivity index (χ3v) is 6.82. The second-order valence-corrected chi connectivity index (χ2v) is 12.4. The van der Waals surface area contributed by atoms with E-state index in [1.165, 1.54) is 25.2 Å². The molecule has 0 aliphatic carbocycles. The van der Waals surface area contributed by atoms with Gasteiger partial charge in [0, 0.05) is 30.5 Å². The van der Waals surface area contributed by atoms with E-state index in [-0.39, 0.29) is 41.4 Å². The highest BCUT2D eigenvalue weighted by molar-refractivity contribution is 7.13. The van der Waals surface area contributed by atoms with Gasteiger partial charge in [0.2, 0.25) is 11.8 Å². The number of nitrogens with one attached hydrogen (secondary N) is 3. The summed E-state index contributed by atoms with van der Waals surface area (Å²) in [5, 5.41) is 35.4. The maximum atomic E-state index is 14.2. The van der Waals surface area contributed by atoms with Crippen LogP contribution in [-0.4, -0.2) is 100 Å². The van der Waals surface area contributed by atoms with Gasteiger partial charge in [0.25, 0.3) is 0 Å². The normalized spacial score (nSPS) is 11.9. The van der Waals surface area contributed by atoms with Crippen molar-refractivity contribution < 1.29 is 79.6 Å². The molecule has 1 aromatic carbocycles. The van der Waals surface area contributed by atoms with Gasteiger partial charge in [-0.05, 0) is 56.6 Å². The molecule has 1 heterocycles. The van der Waals surface area contributed by atoms with Crippen molar-refractivity contribution in [3.63, 3.8) is 0 Å². The maximum absolute atomic E-state index is 14.2. The van der Waals surface area contributed by atoms with Crippen molar-refractivity contribution >= 4 is 52.9 Å². The maximum Gasteiger partial charge on any atom is 0.490 e. The fourth-order valence-electron chi connectivity index (χ4n) is 3.06. The number of thiophene rings is 1. The lowest BCUT2D eigenvalue weighted by atomic mass is 10.1. The number of hydrogen-bond acceptors (Lipinski definition) is 10. The molecule has 0 aliphatic rings. The van der Waals surface area contributed by atoms with Crippen molar-refractivity contribution in [2.24, 2.45) is 11.7 Å². The number of carboxylic acids is 3. The number of nitrogen functional groups attached to an aromatic ring is 1. The predicted octanol–water partition coefficient (Wildman–Crippen LogP) is 4.24. The third kappa shape index (κ3) is 21.3. The number of likely N-dealkylation sites (N-methyl/N-ethyl adjacent to an activating group) is 2. The van der Waals surface area contributed by atoms with E-state index in [4.69, 9.17) is 40.8 Å². The van der Waals surface area contributed by atoms with Gasteiger partial charge < -0.3 is 36.4 Å². The number of carbonyl (C=O) groups is 6. The quantitative estimate of drug-likeness (QED) is 0.0523. The Morgan fingerprint density at radius 3 is 1.78 bits per heavy atom. The number of amides is 2. The van der Waals surface area contributed by atoms with Gasteiger partial charge in [-0.1, -0.05) is 20.8 Å². The van der Waals surface area contributed by atoms with Crippen LogP contribution < -0.4 is 21.1 Å². The van der Waals surface area contributed by atoms with Crippen molar-refractivity contribution in [3.8, 4) is 5.75 Å². The number of nitrogens with two attached hydrogens (primary N) is 1. The van der Waals surface area contributed by atoms with Crippen LogP contribution in [0.25, 0.3) is 0 Å². The van der Waals surface area contributed by atoms with E-state index in [2.05, 4.69) is 31.4 Å². The van der Waals surface area contributed by atoms with E-state index in [0.29, 0.717) is 0 Å². The zero-order valence-corrected chi connectivity index (χ0v) is 30.3. The molecule has 0 bridgehead atoms. The van der Waals surface area contributed by atoms with Gasteiger partial charge in [-0.15, -0.1) is 11.3 Å². The monoisotopic (exact) mass is 807 g/mol. The number of carbonyl (C=O) groups excluding carboxylic acids is 3. The molecule has 1 aromatic heterocycles. The van der Waals surface area contributed by atoms with E-state index in [1.54, 1.807) is 24.9 Å². The molecule has 0 fully saturated rings. The summed E-state index contributed by atoms with van der Waals surface area (Å²) in [7, 11) is 3.08. The molecule has 0 saturated heterocycles. The minimum atomic E-state index is -5.08. The summed E-state index contributed by atoms with van der Waals surface area (Å²) in [6.45, 7) is 8.41. The first kappa shape index (κ1) is 50.8. The second kappa shape index (κ2) is 23.4. The van der Waals surface area contributed by atoms with Gasteiger partial charge in [-0.3, -0.25) is 24.7 Å². The zero-order chi connectivity index (χ0) is 42.7. The van der Waals surface area contributed by atoms with Crippen molar-refractivity contribution in [2.75, 3.05) is 14.1 Å². The lowest BCUT2D eigenvalue weighted by Crippen LogP contribution is -2.51. The molecule has 15 nitrogen and oxygen atoms in total. The lowest BCUT2D eigenvalue weighted by molar-refractivity contribution is -0.193. The lowest BCUT2D eigenvalue weighted by Gasteiger charge is -2.25. The van der Waals surface area contributed by atoms with Crippen LogP contribution in [0, 0.1) is 17.1 Å². The molecule has 2 rings (SSSR count). The third-order valence-electron chi connectivity index (χ3n) is 5.77. The van der Waals surface area contributed by atoms with Crippen LogP contribution in [-0.2, 0) is 30.5 Å². The Morgan fingerprint density at radius 1 is 0.907 bits per heavy atom. The van der Waals surface area contributed by atoms with Crippen LogP contribution in [0.3, 0.4) is 0 Å². The fraction of sp³-hybridized carbons (Fsp3) is 0.452. The number of alkyl halides is 6. The molecular weight excluding hydrogens is 767 g/mol. The van der Waals surface area contributed by atoms with Gasteiger partial charge in [-0.25, -0.2) is 18.8 Å². The number of benzene rings is 1. The van der Waals surface area contributed by atoms with Gasteiger partial charge in [0.1, 0.15) is 16.8 Å². The molecule has 23 heteroatoms. The van der Waals surface area contributed by atoms with Gasteiger partial charge in [0.05, 0.1) is 6.04 Å². The molecule has 8 N–H and O–H groups in total. The summed E-state index contributed by atoms with van der Waals surface area (Å²) in [6.07, 6.45) is -10.5. The van der Waals surface area contributed by atoms with E-state index >= 15 is 0 Å². The topological polar surface area (TPSA) is 250 Å². The first-order chi connectivity index (χ1) is 24.5. The van der Waals surface area contributed by atoms with E-state index < -0.39 is 65.9 Å². The summed E-state index contributed by atoms with van der Waals surface area (Å²) in [5.74, 6) is -8.91. The number of amidine groups is 1. The largest absolute Gasteiger partial charge is 0.490 e. The van der Waals surface area contributed by atoms with E-state index in [0.717, 1.165) is 28.2 Å². The summed E-state index contributed by atoms with van der Waals surface area (Å²) >= 11 is 1.11. The SMILES string of the molecule is CC(C)C.CNC(=O)[C@H](CCC(=O)O)NC(=O)C(C)N(C)Cc1ccc(C(=O)Oc2ccc(C(=N)N)cc2F)s1.O=C(O)C(F)(F)F.O=C(O)C(F)(F)F. The minimum absolute atomic E-state index is 0.0500. The van der Waals surface area contributed by atoms with Crippen LogP contribution in [0.15, 0.2) is 30.3 Å². The number of halogens is 7. The molecule has 0 radical (unpaired) electrons. The van der Waals surface area contributed by atoms with Crippen LogP contribution in [0.2, 0.25) is 0 Å². The number of hydrogen-bond donors (Lipinski definition) is 7. The fourth-order valence-corrected chi connectivity index (χ4v) is 4.01. The summed E-state index contributed by atoms with van der Waals surface area (Å²) in [4.78, 5) is 68.4. The zero-order valence-electron chi connectivity index (χ0n) is 29.5. The number of aliphatic carboxylic acids is 3. The molecule has 1 unspecified atom stereocenters. The average molecular weight is 808 g/mol. The molecular formula is C31H40F7N5O10S. The van der Waals surface area contributed by atoms with E-state index in [1.807, 2.05) is 0 Å². The number of carboxylic acid groups (broad SMARTS) is 3. The molecule has 54 heavy (non-hydrogen) atoms. The second-order valence-electron chi connectivity index (χ2n) is 11.3. The molecule has 0 saturated carbocycles. The highest BCUT2D eigenvalue weighted by Crippen LogP contribution is 2.24. The minimum Gasteiger partial charge on any atom is -0.481 e. The number of ether oxygens (including phenoxy) is 1. The van der Waals surface area contributed by atoms with Crippen LogP contribution in [0.4, 0.5) is 30.7 Å². The Labute approximate surface area is 307 Å². The van der Waals surface area contributed by atoms with Crippen molar-refractivity contribution in [3.05, 3.63) is 51.5 Å². The van der Waals surface area contributed by atoms with Gasteiger partial charge in [-0.2, -0.15) is 26.3 Å². The van der Waals surface area contributed by atoms with Gasteiger partial charge >= 0.3 is 36.2 Å². The van der Waals surface area contributed by atoms with Gasteiger partial charge in [0.15, 0.2) is 11.6 Å². The average Bonchev–Trinajstić information content (AvgIpc) is 3.50. The van der Waals surface area contributed by atoms with Crippen molar-refractivity contribution in [1.82, 2.24) is 15.5 Å². The standard InChI is InChI=1S/C23H28FN5O6S.C4H10.2C2HF3O2/c1-12(21(32)28-16(22(33)27-2)6-9-19(30)31)29(3)11-14-5-8-18(36-14)23(34)35-17-7-4-13(20(25)26)10-15(17)24;1-4(2)3;2*3-2(4,5)1(6)7/h4-5,7-8,10,12,16H,6,9,11H2,1-3H3,(H3,25,26)(H,27,33)(H,28,32)(H,30,31);4H,1-3H3;2*(H,6,7)/t12?,16-;;;/m0.../s1. The Morgan fingerprint density at radius 2 is 1.39 bits per heavy atom. The summed E-state index contributed by atoms with van der Waals surface area (Å²) < 4.78 is 82.7. The smallest absolute Gasteiger partial charge is 0.481 e.